The van der Waals surface area contributed by atoms with Crippen molar-refractivity contribution >= 4 is 18.4 Å². The van der Waals surface area contributed by atoms with Gasteiger partial charge in [0.05, 0.1) is 12.2 Å². The fourth-order valence-corrected chi connectivity index (χ4v) is 0.946. The summed E-state index contributed by atoms with van der Waals surface area (Å²) in [7, 11) is 0. The molecule has 1 heterocycles. The average Bonchev–Trinajstić information content (AvgIpc) is 1.86. The van der Waals surface area contributed by atoms with Gasteiger partial charge in [0.15, 0.2) is 0 Å². The third-order valence-corrected chi connectivity index (χ3v) is 1.71. The molecule has 1 atom stereocenters. The molecular weight excluding hydrogens is 182 g/mol. The highest BCUT2D eigenvalue weighted by atomic mass is 35.5. The van der Waals surface area contributed by atoms with Crippen molar-refractivity contribution in [2.75, 3.05) is 13.2 Å². The summed E-state index contributed by atoms with van der Waals surface area (Å²) in [5, 5.41) is 11.5. The number of aliphatic carboxylic acids is 1. The maximum atomic E-state index is 10.4. The number of carboxylic acid groups (broad SMARTS) is 1. The summed E-state index contributed by atoms with van der Waals surface area (Å²) < 4.78 is 5.30. The van der Waals surface area contributed by atoms with E-state index in [4.69, 9.17) is 9.84 Å². The van der Waals surface area contributed by atoms with E-state index in [1.165, 1.54) is 0 Å². The molecule has 0 radical (unpaired) electrons. The topological polar surface area (TPSA) is 58.6 Å². The fraction of sp³-hybridized carbons (Fsp3) is 0.857. The SMILES string of the molecule is CC1(C)CNC(C(=O)O)CO1.Cl. The van der Waals surface area contributed by atoms with E-state index in [1.54, 1.807) is 0 Å². The second kappa shape index (κ2) is 4.07. The number of nitrogens with one attached hydrogen (secondary N) is 1. The molecule has 1 saturated heterocycles. The summed E-state index contributed by atoms with van der Waals surface area (Å²) >= 11 is 0. The average molecular weight is 196 g/mol. The maximum Gasteiger partial charge on any atom is 0.323 e. The van der Waals surface area contributed by atoms with Crippen LogP contribution in [-0.2, 0) is 9.53 Å². The zero-order valence-corrected chi connectivity index (χ0v) is 7.98. The molecule has 72 valence electrons. The Morgan fingerprint density at radius 3 is 2.58 bits per heavy atom. The molecule has 1 aliphatic heterocycles. The van der Waals surface area contributed by atoms with Gasteiger partial charge in [-0.25, -0.2) is 0 Å². The van der Waals surface area contributed by atoms with Gasteiger partial charge in [-0.05, 0) is 13.8 Å². The highest BCUT2D eigenvalue weighted by molar-refractivity contribution is 5.85. The van der Waals surface area contributed by atoms with Crippen LogP contribution in [0.2, 0.25) is 0 Å². The van der Waals surface area contributed by atoms with Crippen molar-refractivity contribution in [1.82, 2.24) is 5.32 Å². The molecule has 12 heavy (non-hydrogen) atoms. The number of morpholine rings is 1. The van der Waals surface area contributed by atoms with E-state index < -0.39 is 12.0 Å². The third-order valence-electron chi connectivity index (χ3n) is 1.71. The van der Waals surface area contributed by atoms with Crippen molar-refractivity contribution in [3.05, 3.63) is 0 Å². The lowest BCUT2D eigenvalue weighted by Gasteiger charge is -2.33. The van der Waals surface area contributed by atoms with Gasteiger partial charge in [0.25, 0.3) is 0 Å². The molecule has 1 aliphatic rings. The number of rotatable bonds is 1. The first kappa shape index (κ1) is 11.7. The molecule has 5 heteroatoms. The fourth-order valence-electron chi connectivity index (χ4n) is 0.946. The number of halogens is 1. The Morgan fingerprint density at radius 2 is 2.25 bits per heavy atom. The van der Waals surface area contributed by atoms with Crippen molar-refractivity contribution < 1.29 is 14.6 Å². The number of carbonyl (C=O) groups is 1. The molecular formula is C7H14ClNO3. The summed E-state index contributed by atoms with van der Waals surface area (Å²) in [6, 6.07) is -0.539. The van der Waals surface area contributed by atoms with Crippen LogP contribution in [0.1, 0.15) is 13.8 Å². The van der Waals surface area contributed by atoms with Crippen LogP contribution >= 0.6 is 12.4 Å². The molecule has 0 aromatic heterocycles. The van der Waals surface area contributed by atoms with Crippen molar-refractivity contribution in [2.45, 2.75) is 25.5 Å². The van der Waals surface area contributed by atoms with Crippen LogP contribution in [0.15, 0.2) is 0 Å². The molecule has 4 nitrogen and oxygen atoms in total. The van der Waals surface area contributed by atoms with Gasteiger partial charge in [-0.3, -0.25) is 10.1 Å². The molecule has 1 rings (SSSR count). The van der Waals surface area contributed by atoms with Crippen molar-refractivity contribution in [3.63, 3.8) is 0 Å². The van der Waals surface area contributed by atoms with E-state index in [-0.39, 0.29) is 24.6 Å². The Bertz CT molecular complexity index is 162. The largest absolute Gasteiger partial charge is 0.480 e. The summed E-state index contributed by atoms with van der Waals surface area (Å²) in [6.45, 7) is 4.70. The zero-order chi connectivity index (χ0) is 8.48. The van der Waals surface area contributed by atoms with Gasteiger partial charge in [0.1, 0.15) is 6.04 Å². The molecule has 1 fully saturated rings. The molecule has 0 aromatic carbocycles. The van der Waals surface area contributed by atoms with Crippen LogP contribution in [0.3, 0.4) is 0 Å². The second-order valence-electron chi connectivity index (χ2n) is 3.34. The summed E-state index contributed by atoms with van der Waals surface area (Å²) in [5.74, 6) is -0.847. The maximum absolute atomic E-state index is 10.4. The van der Waals surface area contributed by atoms with Gasteiger partial charge in [-0.15, -0.1) is 12.4 Å². The van der Waals surface area contributed by atoms with Gasteiger partial charge in [-0.1, -0.05) is 0 Å². The van der Waals surface area contributed by atoms with E-state index in [0.29, 0.717) is 6.54 Å². The normalized spacial score (nSPS) is 27.3. The first-order valence-corrected chi connectivity index (χ1v) is 3.61. The highest BCUT2D eigenvalue weighted by Gasteiger charge is 2.30. The summed E-state index contributed by atoms with van der Waals surface area (Å²) in [5.41, 5.74) is -0.230. The minimum Gasteiger partial charge on any atom is -0.480 e. The number of carboxylic acids is 1. The Morgan fingerprint density at radius 1 is 1.67 bits per heavy atom. The Hall–Kier alpha value is -0.320. The quantitative estimate of drug-likeness (QED) is 0.630. The molecule has 2 N–H and O–H groups in total. The first-order chi connectivity index (χ1) is 5.01. The second-order valence-corrected chi connectivity index (χ2v) is 3.34. The van der Waals surface area contributed by atoms with Crippen LogP contribution in [-0.4, -0.2) is 35.9 Å². The number of hydrogen-bond donors (Lipinski definition) is 2. The van der Waals surface area contributed by atoms with Gasteiger partial charge < -0.3 is 9.84 Å². The molecule has 0 spiro atoms. The van der Waals surface area contributed by atoms with Crippen LogP contribution in [0, 0.1) is 0 Å². The highest BCUT2D eigenvalue weighted by Crippen LogP contribution is 2.12. The van der Waals surface area contributed by atoms with E-state index in [2.05, 4.69) is 5.32 Å². The predicted octanol–water partition coefficient (Wildman–Crippen LogP) is 0.260. The number of ether oxygens (including phenoxy) is 1. The molecule has 0 saturated carbocycles. The van der Waals surface area contributed by atoms with Gasteiger partial charge in [0.2, 0.25) is 0 Å². The van der Waals surface area contributed by atoms with E-state index in [9.17, 15) is 4.79 Å². The summed E-state index contributed by atoms with van der Waals surface area (Å²) in [4.78, 5) is 10.4. The van der Waals surface area contributed by atoms with Crippen molar-refractivity contribution in [3.8, 4) is 0 Å². The lowest BCUT2D eigenvalue weighted by atomic mass is 10.1. The smallest absolute Gasteiger partial charge is 0.323 e. The molecule has 0 aliphatic carbocycles. The third kappa shape index (κ3) is 2.97. The van der Waals surface area contributed by atoms with E-state index in [1.807, 2.05) is 13.8 Å². The lowest BCUT2D eigenvalue weighted by Crippen LogP contribution is -2.54. The van der Waals surface area contributed by atoms with Crippen LogP contribution in [0.5, 0.6) is 0 Å². The molecule has 0 bridgehead atoms. The van der Waals surface area contributed by atoms with Gasteiger partial charge in [-0.2, -0.15) is 0 Å². The first-order valence-electron chi connectivity index (χ1n) is 3.61. The number of hydrogen-bond acceptors (Lipinski definition) is 3. The lowest BCUT2D eigenvalue weighted by molar-refractivity contribution is -0.147. The van der Waals surface area contributed by atoms with Crippen LogP contribution in [0.4, 0.5) is 0 Å². The van der Waals surface area contributed by atoms with Crippen molar-refractivity contribution in [2.24, 2.45) is 0 Å². The van der Waals surface area contributed by atoms with Crippen LogP contribution < -0.4 is 5.32 Å². The van der Waals surface area contributed by atoms with Crippen LogP contribution in [0.25, 0.3) is 0 Å². The van der Waals surface area contributed by atoms with E-state index >= 15 is 0 Å². The standard InChI is InChI=1S/C7H13NO3.ClH/c1-7(2)4-8-5(3-11-7)6(9)10;/h5,8H,3-4H2,1-2H3,(H,9,10);1H. The predicted molar refractivity (Wildman–Crippen MR) is 46.7 cm³/mol. The Labute approximate surface area is 77.7 Å². The van der Waals surface area contributed by atoms with E-state index in [0.717, 1.165) is 0 Å². The Balaban J connectivity index is 0.00000121. The summed E-state index contributed by atoms with van der Waals surface area (Å²) in [6.07, 6.45) is 0. The minimum atomic E-state index is -0.847. The molecule has 0 amide bonds. The Kier molecular flexibility index (Phi) is 3.96. The molecule has 1 unspecified atom stereocenters. The van der Waals surface area contributed by atoms with Gasteiger partial charge in [0, 0.05) is 6.54 Å². The minimum absolute atomic E-state index is 0. The zero-order valence-electron chi connectivity index (χ0n) is 7.16. The molecule has 0 aromatic rings. The van der Waals surface area contributed by atoms with Gasteiger partial charge >= 0.3 is 5.97 Å². The van der Waals surface area contributed by atoms with Crippen molar-refractivity contribution in [1.29, 1.82) is 0 Å². The monoisotopic (exact) mass is 195 g/mol.